The third-order valence-corrected chi connectivity index (χ3v) is 4.58. The van der Waals surface area contributed by atoms with Gasteiger partial charge >= 0.3 is 5.97 Å². The molecule has 4 heteroatoms. The molecule has 0 radical (unpaired) electrons. The van der Waals surface area contributed by atoms with Crippen LogP contribution in [0.2, 0.25) is 0 Å². The van der Waals surface area contributed by atoms with Crippen LogP contribution in [0.15, 0.2) is 72.0 Å². The van der Waals surface area contributed by atoms with E-state index in [1.807, 2.05) is 48.5 Å². The molecule has 0 saturated carbocycles. The highest BCUT2D eigenvalue weighted by atomic mass is 16.6. The van der Waals surface area contributed by atoms with E-state index in [-0.39, 0.29) is 11.3 Å². The minimum absolute atomic E-state index is 0.293. The predicted molar refractivity (Wildman–Crippen MR) is 101 cm³/mol. The Balaban J connectivity index is 1.90. The highest BCUT2D eigenvalue weighted by Crippen LogP contribution is 2.30. The highest BCUT2D eigenvalue weighted by molar-refractivity contribution is 6.23. The predicted octanol–water partition coefficient (Wildman–Crippen LogP) is 4.33. The minimum atomic E-state index is -0.855. The first-order chi connectivity index (χ1) is 12.6. The Morgan fingerprint density at radius 2 is 1.58 bits per heavy atom. The Kier molecular flexibility index (Phi) is 3.81. The number of carbonyl (C=O) groups is 2. The van der Waals surface area contributed by atoms with Crippen LogP contribution in [0.5, 0.6) is 0 Å². The smallest absolute Gasteiger partial charge is 0.346 e. The van der Waals surface area contributed by atoms with Gasteiger partial charge in [-0.05, 0) is 46.2 Å². The van der Waals surface area contributed by atoms with E-state index in [0.29, 0.717) is 0 Å². The monoisotopic (exact) mass is 344 g/mol. The summed E-state index contributed by atoms with van der Waals surface area (Å²) in [6.45, 7) is 1.49. The number of allylic oxidation sites excluding steroid dienone is 1. The zero-order chi connectivity index (χ0) is 18.3. The lowest BCUT2D eigenvalue weighted by Gasteiger charge is -2.08. The van der Waals surface area contributed by atoms with E-state index in [1.54, 1.807) is 6.08 Å². The van der Waals surface area contributed by atoms with Gasteiger partial charge in [-0.15, -0.1) is 0 Å². The van der Waals surface area contributed by atoms with Gasteiger partial charge in [0.2, 0.25) is 5.78 Å². The summed E-state index contributed by atoms with van der Waals surface area (Å²) in [5.41, 5.74) is 0.621. The second-order valence-electron chi connectivity index (χ2n) is 6.24. The van der Waals surface area contributed by atoms with Crippen LogP contribution in [-0.2, 0) is 14.3 Å². The van der Waals surface area contributed by atoms with Crippen molar-refractivity contribution in [3.05, 3.63) is 77.6 Å². The summed E-state index contributed by atoms with van der Waals surface area (Å²) >= 11 is 0. The molecule has 0 bridgehead atoms. The summed E-state index contributed by atoms with van der Waals surface area (Å²) in [4.78, 5) is 23.8. The second-order valence-corrected chi connectivity index (χ2v) is 6.24. The number of esters is 1. The molecule has 1 heterocycles. The highest BCUT2D eigenvalue weighted by Gasteiger charge is 2.37. The van der Waals surface area contributed by atoms with E-state index in [1.165, 1.54) is 13.0 Å². The molecule has 26 heavy (non-hydrogen) atoms. The number of cyclic esters (lactones) is 1. The van der Waals surface area contributed by atoms with E-state index in [4.69, 9.17) is 4.74 Å². The van der Waals surface area contributed by atoms with Gasteiger partial charge < -0.3 is 9.84 Å². The van der Waals surface area contributed by atoms with Gasteiger partial charge in [-0.1, -0.05) is 54.6 Å². The topological polar surface area (TPSA) is 63.6 Å². The molecule has 3 aromatic carbocycles. The van der Waals surface area contributed by atoms with Crippen LogP contribution in [0, 0.1) is 0 Å². The van der Waals surface area contributed by atoms with E-state index < -0.39 is 17.9 Å². The normalized spacial score (nSPS) is 19.5. The second kappa shape index (κ2) is 6.15. The largest absolute Gasteiger partial charge is 0.507 e. The van der Waals surface area contributed by atoms with E-state index >= 15 is 0 Å². The van der Waals surface area contributed by atoms with Crippen molar-refractivity contribution < 1.29 is 19.4 Å². The number of carbonyl (C=O) groups excluding carboxylic acids is 2. The van der Waals surface area contributed by atoms with Gasteiger partial charge in [0.15, 0.2) is 6.10 Å². The molecule has 1 N–H and O–H groups in total. The Morgan fingerprint density at radius 1 is 1.00 bits per heavy atom. The summed E-state index contributed by atoms with van der Waals surface area (Å²) in [6, 6.07) is 18.0. The molecule has 1 aliphatic heterocycles. The van der Waals surface area contributed by atoms with Crippen molar-refractivity contribution in [2.75, 3.05) is 0 Å². The summed E-state index contributed by atoms with van der Waals surface area (Å²) in [5.74, 6) is -1.66. The summed E-state index contributed by atoms with van der Waals surface area (Å²) < 4.78 is 4.86. The quantitative estimate of drug-likeness (QED) is 0.247. The Labute approximate surface area is 150 Å². The van der Waals surface area contributed by atoms with Gasteiger partial charge in [-0.25, -0.2) is 4.79 Å². The minimum Gasteiger partial charge on any atom is -0.507 e. The van der Waals surface area contributed by atoms with Gasteiger partial charge in [-0.3, -0.25) is 4.79 Å². The number of hydrogen-bond donors (Lipinski definition) is 1. The average Bonchev–Trinajstić information content (AvgIpc) is 2.90. The fourth-order valence-corrected chi connectivity index (χ4v) is 3.28. The molecule has 128 valence electrons. The van der Waals surface area contributed by atoms with Crippen molar-refractivity contribution in [2.45, 2.75) is 13.0 Å². The standard InChI is InChI=1S/C22H16O4/c1-13-21(24)20(22(25)26-13)19(23)11-10-18-16-8-4-2-6-14(16)12-15-7-3-5-9-17(15)18/h2-13,23H,1H3/b11-10+,20-19+. The van der Waals surface area contributed by atoms with E-state index in [0.717, 1.165) is 27.1 Å². The van der Waals surface area contributed by atoms with Crippen molar-refractivity contribution in [3.8, 4) is 0 Å². The van der Waals surface area contributed by atoms with Crippen molar-refractivity contribution >= 4 is 39.4 Å². The zero-order valence-electron chi connectivity index (χ0n) is 14.1. The molecule has 1 unspecified atom stereocenters. The van der Waals surface area contributed by atoms with Gasteiger partial charge in [0.05, 0.1) is 0 Å². The molecule has 3 aromatic rings. The number of fused-ring (bicyclic) bond motifs is 2. The van der Waals surface area contributed by atoms with Crippen LogP contribution < -0.4 is 0 Å². The molecular formula is C22H16O4. The number of aliphatic hydroxyl groups excluding tert-OH is 1. The first kappa shape index (κ1) is 16.1. The lowest BCUT2D eigenvalue weighted by molar-refractivity contribution is -0.139. The molecule has 0 aliphatic carbocycles. The third kappa shape index (κ3) is 2.56. The number of rotatable bonds is 2. The SMILES string of the molecule is CC1OC(=O)/C(=C(O)\C=C\c2c3ccccc3cc3ccccc23)C1=O. The van der Waals surface area contributed by atoms with Gasteiger partial charge in [-0.2, -0.15) is 0 Å². The molecule has 1 saturated heterocycles. The molecule has 1 fully saturated rings. The van der Waals surface area contributed by atoms with Gasteiger partial charge in [0.1, 0.15) is 11.3 Å². The fraction of sp³-hybridized carbons (Fsp3) is 0.0909. The maximum atomic E-state index is 12.0. The van der Waals surface area contributed by atoms with Crippen molar-refractivity contribution in [1.82, 2.24) is 0 Å². The first-order valence-electron chi connectivity index (χ1n) is 8.33. The first-order valence-corrected chi connectivity index (χ1v) is 8.33. The van der Waals surface area contributed by atoms with E-state index in [9.17, 15) is 14.7 Å². The van der Waals surface area contributed by atoms with Crippen molar-refractivity contribution in [1.29, 1.82) is 0 Å². The summed E-state index contributed by atoms with van der Waals surface area (Å²) in [6.07, 6.45) is 2.27. The molecule has 0 spiro atoms. The summed E-state index contributed by atoms with van der Waals surface area (Å²) in [5, 5.41) is 14.5. The number of benzene rings is 3. The number of aliphatic hydroxyl groups is 1. The lowest BCUT2D eigenvalue weighted by atomic mass is 9.96. The van der Waals surface area contributed by atoms with Crippen LogP contribution in [-0.4, -0.2) is 23.0 Å². The number of ether oxygens (including phenoxy) is 1. The van der Waals surface area contributed by atoms with Gasteiger partial charge in [0.25, 0.3) is 0 Å². The van der Waals surface area contributed by atoms with Crippen LogP contribution >= 0.6 is 0 Å². The molecule has 0 aromatic heterocycles. The average molecular weight is 344 g/mol. The number of ketones is 1. The maximum absolute atomic E-state index is 12.0. The van der Waals surface area contributed by atoms with Crippen molar-refractivity contribution in [2.24, 2.45) is 0 Å². The molecular weight excluding hydrogens is 328 g/mol. The maximum Gasteiger partial charge on any atom is 0.346 e. The number of Topliss-reactive ketones (excluding diaryl/α,β-unsaturated/α-hetero) is 1. The molecule has 0 amide bonds. The summed E-state index contributed by atoms with van der Waals surface area (Å²) in [7, 11) is 0. The van der Waals surface area contributed by atoms with Crippen molar-refractivity contribution in [3.63, 3.8) is 0 Å². The molecule has 1 atom stereocenters. The zero-order valence-corrected chi connectivity index (χ0v) is 14.1. The Hall–Kier alpha value is -3.40. The van der Waals surface area contributed by atoms with Crippen LogP contribution in [0.3, 0.4) is 0 Å². The number of hydrogen-bond acceptors (Lipinski definition) is 4. The van der Waals surface area contributed by atoms with Crippen LogP contribution in [0.4, 0.5) is 0 Å². The Bertz CT molecular complexity index is 1070. The fourth-order valence-electron chi connectivity index (χ4n) is 3.28. The Morgan fingerprint density at radius 3 is 2.12 bits per heavy atom. The van der Waals surface area contributed by atoms with Gasteiger partial charge in [0, 0.05) is 0 Å². The van der Waals surface area contributed by atoms with Crippen LogP contribution in [0.1, 0.15) is 12.5 Å². The third-order valence-electron chi connectivity index (χ3n) is 4.58. The lowest BCUT2D eigenvalue weighted by Crippen LogP contribution is -2.11. The van der Waals surface area contributed by atoms with E-state index in [2.05, 4.69) is 6.07 Å². The molecule has 4 rings (SSSR count). The van der Waals surface area contributed by atoms with Crippen LogP contribution in [0.25, 0.3) is 27.6 Å². The molecule has 4 nitrogen and oxygen atoms in total. The molecule has 1 aliphatic rings.